The Hall–Kier alpha value is -2.83. The summed E-state index contributed by atoms with van der Waals surface area (Å²) < 4.78 is 1.81. The minimum atomic E-state index is -0.200. The number of amides is 3. The molecule has 0 bridgehead atoms. The Kier molecular flexibility index (Phi) is 6.11. The molecular formula is C20H27N5O2. The lowest BCUT2D eigenvalue weighted by atomic mass is 10.1. The number of benzene rings is 1. The third kappa shape index (κ3) is 5.09. The Labute approximate surface area is 159 Å². The molecular weight excluding hydrogens is 342 g/mol. The molecule has 27 heavy (non-hydrogen) atoms. The maximum atomic E-state index is 12.4. The quantitative estimate of drug-likeness (QED) is 0.820. The molecule has 7 nitrogen and oxygen atoms in total. The Morgan fingerprint density at radius 3 is 2.67 bits per heavy atom. The molecule has 1 aromatic carbocycles. The molecule has 0 atom stereocenters. The van der Waals surface area contributed by atoms with Crippen LogP contribution in [0.2, 0.25) is 0 Å². The van der Waals surface area contributed by atoms with E-state index in [1.54, 1.807) is 11.0 Å². The number of carbonyl (C=O) groups excluding carboxylic acids is 2. The van der Waals surface area contributed by atoms with E-state index in [0.29, 0.717) is 44.3 Å². The lowest BCUT2D eigenvalue weighted by Crippen LogP contribution is -2.44. The second kappa shape index (κ2) is 8.70. The van der Waals surface area contributed by atoms with E-state index in [1.165, 1.54) is 0 Å². The van der Waals surface area contributed by atoms with Crippen LogP contribution in [0.25, 0.3) is 0 Å². The van der Waals surface area contributed by atoms with Crippen LogP contribution in [0.3, 0.4) is 0 Å². The number of carbonyl (C=O) groups is 2. The third-order valence-electron chi connectivity index (χ3n) is 4.61. The Bertz CT molecular complexity index is 785. The molecule has 144 valence electrons. The molecule has 2 heterocycles. The Balaban J connectivity index is 1.54. The van der Waals surface area contributed by atoms with Gasteiger partial charge >= 0.3 is 6.03 Å². The maximum Gasteiger partial charge on any atom is 0.317 e. The number of nitrogens with zero attached hydrogens (tertiary/aromatic N) is 3. The highest BCUT2D eigenvalue weighted by molar-refractivity contribution is 5.92. The lowest BCUT2D eigenvalue weighted by Gasteiger charge is -2.27. The van der Waals surface area contributed by atoms with Gasteiger partial charge in [0, 0.05) is 19.6 Å². The van der Waals surface area contributed by atoms with Crippen molar-refractivity contribution in [1.29, 1.82) is 0 Å². The first-order chi connectivity index (χ1) is 13.0. The second-order valence-corrected chi connectivity index (χ2v) is 7.25. The summed E-state index contributed by atoms with van der Waals surface area (Å²) in [6.45, 7) is 7.07. The molecule has 0 unspecified atom stereocenters. The molecule has 3 rings (SSSR count). The van der Waals surface area contributed by atoms with Crippen molar-refractivity contribution in [3.05, 3.63) is 53.3 Å². The van der Waals surface area contributed by atoms with E-state index in [9.17, 15) is 9.59 Å². The van der Waals surface area contributed by atoms with Crippen molar-refractivity contribution in [2.45, 2.75) is 39.9 Å². The van der Waals surface area contributed by atoms with E-state index in [1.807, 2.05) is 35.0 Å². The normalized spacial score (nSPS) is 13.4. The average Bonchev–Trinajstić information content (AvgIpc) is 3.10. The number of urea groups is 1. The highest BCUT2D eigenvalue weighted by Crippen LogP contribution is 2.14. The van der Waals surface area contributed by atoms with Crippen molar-refractivity contribution in [3.8, 4) is 0 Å². The zero-order chi connectivity index (χ0) is 19.2. The van der Waals surface area contributed by atoms with Crippen LogP contribution in [0.5, 0.6) is 0 Å². The molecule has 0 saturated carbocycles. The summed E-state index contributed by atoms with van der Waals surface area (Å²) in [5, 5.41) is 10.2. The molecule has 1 aliphatic rings. The maximum absolute atomic E-state index is 12.4. The van der Waals surface area contributed by atoms with Gasteiger partial charge in [0.1, 0.15) is 0 Å². The number of aromatic nitrogens is 2. The zero-order valence-corrected chi connectivity index (χ0v) is 15.9. The highest BCUT2D eigenvalue weighted by Gasteiger charge is 2.23. The molecule has 0 saturated heterocycles. The van der Waals surface area contributed by atoms with E-state index in [4.69, 9.17) is 0 Å². The highest BCUT2D eigenvalue weighted by atomic mass is 16.2. The Morgan fingerprint density at radius 2 is 1.93 bits per heavy atom. The van der Waals surface area contributed by atoms with Gasteiger partial charge in [0.2, 0.25) is 0 Å². The van der Waals surface area contributed by atoms with Gasteiger partial charge in [-0.1, -0.05) is 44.2 Å². The van der Waals surface area contributed by atoms with Gasteiger partial charge in [0.05, 0.1) is 18.8 Å². The lowest BCUT2D eigenvalue weighted by molar-refractivity contribution is 0.0944. The standard InChI is InChI=1S/C20H27N5O2/c1-15(2)8-9-21-20(27)24-10-11-25-17(14-24)12-18(23-25)19(26)22-13-16-6-4-3-5-7-16/h3-7,12,15H,8-11,13-14H2,1-2H3,(H,21,27)(H,22,26). The van der Waals surface area contributed by atoms with Crippen molar-refractivity contribution >= 4 is 11.9 Å². The van der Waals surface area contributed by atoms with Gasteiger partial charge < -0.3 is 15.5 Å². The topological polar surface area (TPSA) is 79.3 Å². The monoisotopic (exact) mass is 369 g/mol. The van der Waals surface area contributed by atoms with Crippen molar-refractivity contribution in [1.82, 2.24) is 25.3 Å². The van der Waals surface area contributed by atoms with E-state index < -0.39 is 0 Å². The molecule has 1 aliphatic heterocycles. The molecule has 0 spiro atoms. The van der Waals surface area contributed by atoms with Gasteiger partial charge in [-0.3, -0.25) is 9.48 Å². The van der Waals surface area contributed by atoms with E-state index in [2.05, 4.69) is 29.6 Å². The predicted octanol–water partition coefficient (Wildman–Crippen LogP) is 2.38. The van der Waals surface area contributed by atoms with Gasteiger partial charge in [0.25, 0.3) is 5.91 Å². The van der Waals surface area contributed by atoms with Crippen molar-refractivity contribution in [2.24, 2.45) is 5.92 Å². The molecule has 0 radical (unpaired) electrons. The number of fused-ring (bicyclic) bond motifs is 1. The Morgan fingerprint density at radius 1 is 1.15 bits per heavy atom. The van der Waals surface area contributed by atoms with Crippen LogP contribution in [0, 0.1) is 5.92 Å². The van der Waals surface area contributed by atoms with Crippen LogP contribution >= 0.6 is 0 Å². The summed E-state index contributed by atoms with van der Waals surface area (Å²) in [6, 6.07) is 11.5. The summed E-state index contributed by atoms with van der Waals surface area (Å²) in [5.74, 6) is 0.360. The fourth-order valence-corrected chi connectivity index (χ4v) is 3.00. The number of hydrogen-bond donors (Lipinski definition) is 2. The van der Waals surface area contributed by atoms with Gasteiger partial charge in [-0.15, -0.1) is 0 Å². The van der Waals surface area contributed by atoms with Crippen LogP contribution in [-0.4, -0.2) is 39.7 Å². The van der Waals surface area contributed by atoms with Crippen LogP contribution in [0.1, 0.15) is 42.0 Å². The summed E-state index contributed by atoms with van der Waals surface area (Å²) in [6.07, 6.45) is 0.962. The predicted molar refractivity (Wildman–Crippen MR) is 103 cm³/mol. The first kappa shape index (κ1) is 18.9. The molecule has 2 aromatic rings. The molecule has 0 fully saturated rings. The van der Waals surface area contributed by atoms with Crippen LogP contribution < -0.4 is 10.6 Å². The largest absolute Gasteiger partial charge is 0.347 e. The van der Waals surface area contributed by atoms with E-state index in [0.717, 1.165) is 17.7 Å². The summed E-state index contributed by atoms with van der Waals surface area (Å²) in [7, 11) is 0. The second-order valence-electron chi connectivity index (χ2n) is 7.25. The van der Waals surface area contributed by atoms with Crippen molar-refractivity contribution < 1.29 is 9.59 Å². The van der Waals surface area contributed by atoms with Crippen LogP contribution in [0.15, 0.2) is 36.4 Å². The summed E-state index contributed by atoms with van der Waals surface area (Å²) in [5.41, 5.74) is 2.31. The SMILES string of the molecule is CC(C)CCNC(=O)N1CCn2nc(C(=O)NCc3ccccc3)cc2C1. The molecule has 3 amide bonds. The van der Waals surface area contributed by atoms with E-state index in [-0.39, 0.29) is 11.9 Å². The molecule has 0 aliphatic carbocycles. The summed E-state index contributed by atoms with van der Waals surface area (Å²) in [4.78, 5) is 26.4. The first-order valence-electron chi connectivity index (χ1n) is 9.44. The molecule has 1 aromatic heterocycles. The fourth-order valence-electron chi connectivity index (χ4n) is 3.00. The molecule has 2 N–H and O–H groups in total. The van der Waals surface area contributed by atoms with E-state index >= 15 is 0 Å². The van der Waals surface area contributed by atoms with Crippen LogP contribution in [-0.2, 0) is 19.6 Å². The summed E-state index contributed by atoms with van der Waals surface area (Å²) >= 11 is 0. The van der Waals surface area contributed by atoms with Gasteiger partial charge in [-0.05, 0) is 24.0 Å². The number of nitrogens with one attached hydrogen (secondary N) is 2. The van der Waals surface area contributed by atoms with Gasteiger partial charge in [-0.2, -0.15) is 5.10 Å². The van der Waals surface area contributed by atoms with Crippen molar-refractivity contribution in [2.75, 3.05) is 13.1 Å². The van der Waals surface area contributed by atoms with Gasteiger partial charge in [-0.25, -0.2) is 4.79 Å². The minimum absolute atomic E-state index is 0.0572. The number of rotatable bonds is 6. The molecule has 7 heteroatoms. The van der Waals surface area contributed by atoms with Gasteiger partial charge in [0.15, 0.2) is 5.69 Å². The zero-order valence-electron chi connectivity index (χ0n) is 15.9. The minimum Gasteiger partial charge on any atom is -0.347 e. The smallest absolute Gasteiger partial charge is 0.317 e. The third-order valence-corrected chi connectivity index (χ3v) is 4.61. The first-order valence-corrected chi connectivity index (χ1v) is 9.44. The number of hydrogen-bond acceptors (Lipinski definition) is 3. The van der Waals surface area contributed by atoms with Crippen LogP contribution in [0.4, 0.5) is 4.79 Å². The average molecular weight is 369 g/mol. The fraction of sp³-hybridized carbons (Fsp3) is 0.450. The van der Waals surface area contributed by atoms with Crippen molar-refractivity contribution in [3.63, 3.8) is 0 Å².